The molecule has 8 heteroatoms. The number of oxazole rings is 1. The number of benzene rings is 2. The number of rotatable bonds is 4. The molecule has 0 aliphatic carbocycles. The highest BCUT2D eigenvalue weighted by molar-refractivity contribution is 7.91. The first-order chi connectivity index (χ1) is 13.9. The largest absolute Gasteiger partial charge is 0.419 e. The lowest BCUT2D eigenvalue weighted by molar-refractivity contribution is 0.543. The number of aromatic nitrogens is 1. The van der Waals surface area contributed by atoms with Gasteiger partial charge in [0.15, 0.2) is 0 Å². The lowest BCUT2D eigenvalue weighted by atomic mass is 10.2. The molecular weight excluding hydrogens is 415 g/mol. The summed E-state index contributed by atoms with van der Waals surface area (Å²) in [5.41, 5.74) is 0.514. The third-order valence-corrected chi connectivity index (χ3v) is 6.86. The molecule has 4 rings (SSSR count). The molecule has 1 fully saturated rings. The molecule has 1 saturated heterocycles. The zero-order chi connectivity index (χ0) is 20.4. The fourth-order valence-electron chi connectivity index (χ4n) is 3.39. The summed E-state index contributed by atoms with van der Waals surface area (Å²) in [4.78, 5) is 6.37. The van der Waals surface area contributed by atoms with Crippen LogP contribution in [-0.2, 0) is 9.84 Å². The lowest BCUT2D eigenvalue weighted by Gasteiger charge is -2.20. The standard InChI is InChI=1S/C21H20ClFN2O3S/c22-16-7-11-18(12-8-16)29(26,27)20-21(25-13-3-1-2-4-14-25)28-19(24-20)15-5-9-17(23)10-6-15/h5-12H,1-4,13-14H2. The first-order valence-electron chi connectivity index (χ1n) is 9.47. The van der Waals surface area contributed by atoms with Gasteiger partial charge in [0.2, 0.25) is 26.6 Å². The molecule has 152 valence electrons. The van der Waals surface area contributed by atoms with Crippen molar-refractivity contribution in [1.82, 2.24) is 4.98 Å². The van der Waals surface area contributed by atoms with Gasteiger partial charge in [-0.2, -0.15) is 4.98 Å². The summed E-state index contributed by atoms with van der Waals surface area (Å²) >= 11 is 5.91. The van der Waals surface area contributed by atoms with Gasteiger partial charge in [-0.05, 0) is 61.4 Å². The first kappa shape index (κ1) is 19.9. The predicted molar refractivity (Wildman–Crippen MR) is 109 cm³/mol. The molecule has 1 aliphatic heterocycles. The molecule has 2 heterocycles. The molecule has 0 unspecified atom stereocenters. The Kier molecular flexibility index (Phi) is 5.61. The van der Waals surface area contributed by atoms with Crippen molar-refractivity contribution in [1.29, 1.82) is 0 Å². The van der Waals surface area contributed by atoms with Gasteiger partial charge in [0, 0.05) is 23.7 Å². The molecule has 0 amide bonds. The predicted octanol–water partition coefficient (Wildman–Crippen LogP) is 5.35. The van der Waals surface area contributed by atoms with E-state index in [0.717, 1.165) is 25.7 Å². The van der Waals surface area contributed by atoms with E-state index < -0.39 is 9.84 Å². The molecule has 0 radical (unpaired) electrons. The van der Waals surface area contributed by atoms with Gasteiger partial charge in [-0.25, -0.2) is 12.8 Å². The van der Waals surface area contributed by atoms with E-state index in [1.165, 1.54) is 48.5 Å². The van der Waals surface area contributed by atoms with Gasteiger partial charge in [-0.1, -0.05) is 24.4 Å². The number of halogens is 2. The lowest BCUT2D eigenvalue weighted by Crippen LogP contribution is -2.25. The minimum atomic E-state index is -3.92. The van der Waals surface area contributed by atoms with E-state index in [1.807, 2.05) is 4.90 Å². The van der Waals surface area contributed by atoms with Crippen molar-refractivity contribution in [3.8, 4) is 11.5 Å². The summed E-state index contributed by atoms with van der Waals surface area (Å²) in [5, 5.41) is 0.324. The molecule has 1 aromatic heterocycles. The van der Waals surface area contributed by atoms with Crippen molar-refractivity contribution in [2.45, 2.75) is 35.6 Å². The van der Waals surface area contributed by atoms with E-state index in [0.29, 0.717) is 23.7 Å². The molecule has 0 atom stereocenters. The summed E-state index contributed by atoms with van der Waals surface area (Å²) < 4.78 is 45.9. The number of anilines is 1. The van der Waals surface area contributed by atoms with Crippen LogP contribution in [-0.4, -0.2) is 26.5 Å². The van der Waals surface area contributed by atoms with Crippen molar-refractivity contribution in [3.63, 3.8) is 0 Å². The van der Waals surface area contributed by atoms with Crippen LogP contribution in [0.15, 0.2) is 62.9 Å². The molecule has 5 nitrogen and oxygen atoms in total. The van der Waals surface area contributed by atoms with Crippen molar-refractivity contribution in [3.05, 3.63) is 59.4 Å². The maximum absolute atomic E-state index is 13.3. The fourth-order valence-corrected chi connectivity index (χ4v) is 4.84. The molecule has 2 aromatic carbocycles. The normalized spacial score (nSPS) is 15.3. The van der Waals surface area contributed by atoms with Crippen LogP contribution in [0.4, 0.5) is 10.3 Å². The van der Waals surface area contributed by atoms with Crippen LogP contribution in [0, 0.1) is 5.82 Å². The second-order valence-corrected chi connectivity index (χ2v) is 9.30. The Morgan fingerprint density at radius 1 is 0.931 bits per heavy atom. The first-order valence-corrected chi connectivity index (χ1v) is 11.3. The zero-order valence-electron chi connectivity index (χ0n) is 15.6. The van der Waals surface area contributed by atoms with E-state index in [-0.39, 0.29) is 27.5 Å². The minimum Gasteiger partial charge on any atom is -0.419 e. The third kappa shape index (κ3) is 4.16. The maximum Gasteiger partial charge on any atom is 0.236 e. The molecule has 1 aliphatic rings. The molecule has 0 spiro atoms. The van der Waals surface area contributed by atoms with Crippen LogP contribution in [0.2, 0.25) is 5.02 Å². The molecule has 3 aromatic rings. The monoisotopic (exact) mass is 434 g/mol. The summed E-state index contributed by atoms with van der Waals surface area (Å²) in [6, 6.07) is 11.6. The number of hydrogen-bond acceptors (Lipinski definition) is 5. The molecule has 0 bridgehead atoms. The van der Waals surface area contributed by atoms with Gasteiger partial charge in [0.05, 0.1) is 4.90 Å². The smallest absolute Gasteiger partial charge is 0.236 e. The zero-order valence-corrected chi connectivity index (χ0v) is 17.2. The quantitative estimate of drug-likeness (QED) is 0.554. The van der Waals surface area contributed by atoms with Crippen LogP contribution in [0.3, 0.4) is 0 Å². The van der Waals surface area contributed by atoms with E-state index in [1.54, 1.807) is 0 Å². The molecule has 29 heavy (non-hydrogen) atoms. The second kappa shape index (κ2) is 8.16. The van der Waals surface area contributed by atoms with Crippen LogP contribution in [0.5, 0.6) is 0 Å². The van der Waals surface area contributed by atoms with Crippen LogP contribution < -0.4 is 4.90 Å². The summed E-state index contributed by atoms with van der Waals surface area (Å²) in [5.74, 6) is 0.0000161. The SMILES string of the molecule is O=S(=O)(c1ccc(Cl)cc1)c1nc(-c2ccc(F)cc2)oc1N1CCCCCC1. The minimum absolute atomic E-state index is 0.0944. The molecular formula is C21H20ClFN2O3S. The third-order valence-electron chi connectivity index (χ3n) is 4.94. The Bertz CT molecular complexity index is 1090. The van der Waals surface area contributed by atoms with Crippen molar-refractivity contribution in [2.24, 2.45) is 0 Å². The highest BCUT2D eigenvalue weighted by atomic mass is 35.5. The number of hydrogen-bond donors (Lipinski definition) is 0. The van der Waals surface area contributed by atoms with Gasteiger partial charge < -0.3 is 9.32 Å². The van der Waals surface area contributed by atoms with Crippen LogP contribution in [0.1, 0.15) is 25.7 Å². The van der Waals surface area contributed by atoms with E-state index in [2.05, 4.69) is 4.98 Å². The topological polar surface area (TPSA) is 63.4 Å². The maximum atomic E-state index is 13.3. The Labute approximate surface area is 174 Å². The van der Waals surface area contributed by atoms with Gasteiger partial charge in [0.1, 0.15) is 5.82 Å². The van der Waals surface area contributed by atoms with Crippen molar-refractivity contribution >= 4 is 27.3 Å². The van der Waals surface area contributed by atoms with Gasteiger partial charge in [-0.15, -0.1) is 0 Å². The molecule has 0 N–H and O–H groups in total. The summed E-state index contributed by atoms with van der Waals surface area (Å²) in [6.45, 7) is 1.39. The molecule has 0 saturated carbocycles. The van der Waals surface area contributed by atoms with Gasteiger partial charge >= 0.3 is 0 Å². The van der Waals surface area contributed by atoms with Gasteiger partial charge in [0.25, 0.3) is 0 Å². The number of sulfone groups is 1. The fraction of sp³-hybridized carbons (Fsp3) is 0.286. The summed E-state index contributed by atoms with van der Waals surface area (Å²) in [6.07, 6.45) is 4.09. The van der Waals surface area contributed by atoms with Crippen molar-refractivity contribution in [2.75, 3.05) is 18.0 Å². The highest BCUT2D eigenvalue weighted by Gasteiger charge is 2.31. The Balaban J connectivity index is 1.83. The highest BCUT2D eigenvalue weighted by Crippen LogP contribution is 2.36. The van der Waals surface area contributed by atoms with Crippen molar-refractivity contribution < 1.29 is 17.2 Å². The average Bonchev–Trinajstić information content (AvgIpc) is 2.99. The van der Waals surface area contributed by atoms with Gasteiger partial charge in [-0.3, -0.25) is 0 Å². The number of nitrogens with zero attached hydrogens (tertiary/aromatic N) is 2. The average molecular weight is 435 g/mol. The van der Waals surface area contributed by atoms with E-state index in [4.69, 9.17) is 16.0 Å². The van der Waals surface area contributed by atoms with E-state index in [9.17, 15) is 12.8 Å². The van der Waals surface area contributed by atoms with E-state index >= 15 is 0 Å². The van der Waals surface area contributed by atoms with Crippen LogP contribution >= 0.6 is 11.6 Å². The summed E-state index contributed by atoms with van der Waals surface area (Å²) in [7, 11) is -3.92. The van der Waals surface area contributed by atoms with Crippen LogP contribution in [0.25, 0.3) is 11.5 Å². The Morgan fingerprint density at radius 2 is 1.55 bits per heavy atom. The second-order valence-electron chi connectivity index (χ2n) is 6.99. The Morgan fingerprint density at radius 3 is 2.17 bits per heavy atom. The Hall–Kier alpha value is -2.38.